The van der Waals surface area contributed by atoms with Crippen LogP contribution in [0.2, 0.25) is 0 Å². The number of ether oxygens (including phenoxy) is 1. The molecule has 0 bridgehead atoms. The number of quaternary nitrogens is 1. The molecule has 6 heteroatoms. The maximum Gasteiger partial charge on any atom is 0.270 e. The van der Waals surface area contributed by atoms with Crippen LogP contribution in [0.1, 0.15) is 31.4 Å². The average molecular weight is 394 g/mol. The van der Waals surface area contributed by atoms with Crippen LogP contribution in [-0.2, 0) is 5.41 Å². The van der Waals surface area contributed by atoms with E-state index in [0.717, 1.165) is 25.1 Å². The number of nitrogens with zero attached hydrogens (tertiary/aromatic N) is 2. The van der Waals surface area contributed by atoms with E-state index in [4.69, 9.17) is 4.74 Å². The molecule has 0 aromatic heterocycles. The highest BCUT2D eigenvalue weighted by Gasteiger charge is 2.58. The zero-order valence-corrected chi connectivity index (χ0v) is 17.4. The first kappa shape index (κ1) is 19.5. The molecule has 152 valence electrons. The van der Waals surface area contributed by atoms with Crippen LogP contribution in [0, 0.1) is 10.1 Å². The van der Waals surface area contributed by atoms with E-state index in [2.05, 4.69) is 63.2 Å². The Labute approximate surface area is 171 Å². The summed E-state index contributed by atoms with van der Waals surface area (Å²) in [6, 6.07) is 13.3. The van der Waals surface area contributed by atoms with Crippen LogP contribution in [0.15, 0.2) is 48.5 Å². The first-order valence-corrected chi connectivity index (χ1v) is 10.1. The molecular weight excluding hydrogens is 366 g/mol. The monoisotopic (exact) mass is 394 g/mol. The van der Waals surface area contributed by atoms with Crippen LogP contribution < -0.4 is 14.5 Å². The Bertz CT molecular complexity index is 983. The van der Waals surface area contributed by atoms with Gasteiger partial charge >= 0.3 is 0 Å². The Morgan fingerprint density at radius 3 is 2.66 bits per heavy atom. The van der Waals surface area contributed by atoms with Crippen molar-refractivity contribution >= 4 is 17.5 Å². The smallest absolute Gasteiger partial charge is 0.270 e. The topological polar surface area (TPSA) is 60.0 Å². The quantitative estimate of drug-likeness (QED) is 0.626. The number of anilines is 1. The van der Waals surface area contributed by atoms with Gasteiger partial charge in [0.15, 0.2) is 0 Å². The molecule has 6 nitrogen and oxygen atoms in total. The van der Waals surface area contributed by atoms with Gasteiger partial charge in [0.05, 0.1) is 31.0 Å². The van der Waals surface area contributed by atoms with E-state index < -0.39 is 5.72 Å². The van der Waals surface area contributed by atoms with Gasteiger partial charge in [-0.3, -0.25) is 10.1 Å². The number of benzene rings is 2. The van der Waals surface area contributed by atoms with Crippen molar-refractivity contribution < 1.29 is 14.6 Å². The Morgan fingerprint density at radius 1 is 1.17 bits per heavy atom. The second kappa shape index (κ2) is 6.88. The van der Waals surface area contributed by atoms with Gasteiger partial charge in [0.2, 0.25) is 5.72 Å². The molecule has 0 radical (unpaired) electrons. The SMILES string of the molecule is C[NH+](C)CCCN1c2ccccc2C(C)(C)C12C=Cc1cc([N+](=O)[O-])ccc1O2. The molecule has 1 atom stereocenters. The van der Waals surface area contributed by atoms with Crippen molar-refractivity contribution in [3.8, 4) is 5.75 Å². The molecule has 29 heavy (non-hydrogen) atoms. The number of nitro groups is 1. The number of rotatable bonds is 5. The third kappa shape index (κ3) is 2.99. The normalized spacial score (nSPS) is 21.2. The number of hydrogen-bond donors (Lipinski definition) is 1. The molecule has 2 aliphatic rings. The second-order valence-corrected chi connectivity index (χ2v) is 8.72. The number of nitro benzene ring substituents is 1. The van der Waals surface area contributed by atoms with Crippen LogP contribution in [0.5, 0.6) is 5.75 Å². The molecule has 2 heterocycles. The number of hydrogen-bond acceptors (Lipinski definition) is 4. The van der Waals surface area contributed by atoms with Crippen LogP contribution >= 0.6 is 0 Å². The van der Waals surface area contributed by atoms with Gasteiger partial charge in [-0.05, 0) is 43.7 Å². The molecule has 2 aliphatic heterocycles. The van der Waals surface area contributed by atoms with E-state index in [1.54, 1.807) is 12.1 Å². The number of fused-ring (bicyclic) bond motifs is 2. The molecule has 2 aromatic rings. The average Bonchev–Trinajstić information content (AvgIpc) is 2.86. The van der Waals surface area contributed by atoms with Gasteiger partial charge in [-0.2, -0.15) is 0 Å². The van der Waals surface area contributed by atoms with Crippen molar-refractivity contribution in [3.63, 3.8) is 0 Å². The third-order valence-corrected chi connectivity index (χ3v) is 6.18. The summed E-state index contributed by atoms with van der Waals surface area (Å²) in [5.74, 6) is 0.683. The molecule has 1 spiro atoms. The fourth-order valence-electron chi connectivity index (χ4n) is 4.58. The van der Waals surface area contributed by atoms with Crippen LogP contribution in [0.3, 0.4) is 0 Å². The lowest BCUT2D eigenvalue weighted by atomic mass is 9.76. The van der Waals surface area contributed by atoms with Crippen LogP contribution in [0.25, 0.3) is 6.08 Å². The lowest BCUT2D eigenvalue weighted by Crippen LogP contribution is -3.05. The molecule has 1 N–H and O–H groups in total. The van der Waals surface area contributed by atoms with E-state index in [0.29, 0.717) is 5.75 Å². The Hall–Kier alpha value is -2.86. The van der Waals surface area contributed by atoms with Crippen molar-refractivity contribution in [1.29, 1.82) is 0 Å². The Kier molecular flexibility index (Phi) is 4.62. The second-order valence-electron chi connectivity index (χ2n) is 8.72. The van der Waals surface area contributed by atoms with Gasteiger partial charge in [-0.1, -0.05) is 18.2 Å². The van der Waals surface area contributed by atoms with Gasteiger partial charge in [0.1, 0.15) is 5.75 Å². The summed E-state index contributed by atoms with van der Waals surface area (Å²) < 4.78 is 6.69. The van der Waals surface area contributed by atoms with Gasteiger partial charge in [-0.25, -0.2) is 0 Å². The summed E-state index contributed by atoms with van der Waals surface area (Å²) >= 11 is 0. The number of non-ortho nitro benzene ring substituents is 1. The summed E-state index contributed by atoms with van der Waals surface area (Å²) in [7, 11) is 4.33. The van der Waals surface area contributed by atoms with E-state index >= 15 is 0 Å². The number of para-hydroxylation sites is 1. The van der Waals surface area contributed by atoms with Crippen molar-refractivity contribution in [2.75, 3.05) is 32.1 Å². The molecule has 0 saturated carbocycles. The molecule has 0 aliphatic carbocycles. The maximum atomic E-state index is 11.1. The van der Waals surface area contributed by atoms with Crippen LogP contribution in [0.4, 0.5) is 11.4 Å². The standard InChI is InChI=1S/C23H27N3O3/c1-22(2)19-8-5-6-9-20(19)25(15-7-14-24(3)4)23(22)13-12-17-16-18(26(27)28)10-11-21(17)29-23/h5-6,8-13,16H,7,14-15H2,1-4H3/p+1. The van der Waals surface area contributed by atoms with E-state index in [1.807, 2.05) is 6.08 Å². The van der Waals surface area contributed by atoms with Crippen molar-refractivity contribution in [2.24, 2.45) is 0 Å². The first-order chi connectivity index (χ1) is 13.8. The third-order valence-electron chi connectivity index (χ3n) is 6.18. The summed E-state index contributed by atoms with van der Waals surface area (Å²) in [4.78, 5) is 14.6. The summed E-state index contributed by atoms with van der Waals surface area (Å²) in [6.45, 7) is 6.37. The molecule has 0 amide bonds. The van der Waals surface area contributed by atoms with E-state index in [1.165, 1.54) is 22.2 Å². The van der Waals surface area contributed by atoms with Crippen LogP contribution in [-0.4, -0.2) is 37.8 Å². The fourth-order valence-corrected chi connectivity index (χ4v) is 4.58. The van der Waals surface area contributed by atoms with Gasteiger partial charge in [0, 0.05) is 36.3 Å². The zero-order valence-electron chi connectivity index (χ0n) is 17.4. The predicted molar refractivity (Wildman–Crippen MR) is 115 cm³/mol. The fraction of sp³-hybridized carbons (Fsp3) is 0.391. The lowest BCUT2D eigenvalue weighted by molar-refractivity contribution is -0.858. The molecule has 0 fully saturated rings. The Morgan fingerprint density at radius 2 is 1.93 bits per heavy atom. The van der Waals surface area contributed by atoms with Gasteiger partial charge < -0.3 is 14.5 Å². The van der Waals surface area contributed by atoms with E-state index in [9.17, 15) is 10.1 Å². The Balaban J connectivity index is 1.77. The highest BCUT2D eigenvalue weighted by Crippen LogP contribution is 2.54. The minimum atomic E-state index is -0.665. The number of nitrogens with one attached hydrogen (secondary N) is 1. The minimum absolute atomic E-state index is 0.0766. The molecule has 2 aromatic carbocycles. The summed E-state index contributed by atoms with van der Waals surface area (Å²) in [5, 5.41) is 11.1. The predicted octanol–water partition coefficient (Wildman–Crippen LogP) is 3.03. The summed E-state index contributed by atoms with van der Waals surface area (Å²) in [6.07, 6.45) is 5.10. The first-order valence-electron chi connectivity index (χ1n) is 10.1. The van der Waals surface area contributed by atoms with Crippen molar-refractivity contribution in [3.05, 3.63) is 69.8 Å². The van der Waals surface area contributed by atoms with Crippen molar-refractivity contribution in [1.82, 2.24) is 0 Å². The molecule has 0 saturated heterocycles. The maximum absolute atomic E-state index is 11.1. The van der Waals surface area contributed by atoms with E-state index in [-0.39, 0.29) is 16.0 Å². The highest BCUT2D eigenvalue weighted by atomic mass is 16.6. The van der Waals surface area contributed by atoms with Crippen molar-refractivity contribution in [2.45, 2.75) is 31.4 Å². The lowest BCUT2D eigenvalue weighted by Gasteiger charge is -2.47. The minimum Gasteiger partial charge on any atom is -0.463 e. The summed E-state index contributed by atoms with van der Waals surface area (Å²) in [5.41, 5.74) is 2.32. The molecular formula is C23H28N3O3+. The molecule has 1 unspecified atom stereocenters. The van der Waals surface area contributed by atoms with Gasteiger partial charge in [-0.15, -0.1) is 0 Å². The largest absolute Gasteiger partial charge is 0.463 e. The molecule has 4 rings (SSSR count). The van der Waals surface area contributed by atoms with Gasteiger partial charge in [0.25, 0.3) is 5.69 Å². The highest BCUT2D eigenvalue weighted by molar-refractivity contribution is 5.73. The zero-order chi connectivity index (χ0) is 20.8.